The number of rotatable bonds is 4. The molecule has 1 saturated heterocycles. The quantitative estimate of drug-likeness (QED) is 0.702. The zero-order valence-corrected chi connectivity index (χ0v) is 16.3. The van der Waals surface area contributed by atoms with E-state index in [4.69, 9.17) is 21.1 Å². The van der Waals surface area contributed by atoms with Gasteiger partial charge in [0.05, 0.1) is 29.5 Å². The van der Waals surface area contributed by atoms with E-state index >= 15 is 0 Å². The summed E-state index contributed by atoms with van der Waals surface area (Å²) in [5.41, 5.74) is -0.411. The maximum Gasteiger partial charge on any atom is 0.332 e. The first-order valence-electron chi connectivity index (χ1n) is 7.54. The Balaban J connectivity index is 1.95. The van der Waals surface area contributed by atoms with Gasteiger partial charge in [-0.05, 0) is 40.6 Å². The van der Waals surface area contributed by atoms with Crippen LogP contribution in [0.15, 0.2) is 28.3 Å². The van der Waals surface area contributed by atoms with Crippen LogP contribution in [0.4, 0.5) is 10.1 Å². The van der Waals surface area contributed by atoms with Crippen LogP contribution in [0.3, 0.4) is 0 Å². The topological polar surface area (TPSA) is 102 Å². The molecule has 3 rings (SSSR count). The molecular weight excluding hydrogens is 457 g/mol. The van der Waals surface area contributed by atoms with Gasteiger partial charge in [0.2, 0.25) is 10.0 Å². The first kappa shape index (κ1) is 19.6. The smallest absolute Gasteiger partial charge is 0.332 e. The highest BCUT2D eigenvalue weighted by atomic mass is 79.9. The number of nitrogens with one attached hydrogen (secondary N) is 1. The number of benzene rings is 1. The van der Waals surface area contributed by atoms with Crippen molar-refractivity contribution in [3.8, 4) is 0 Å². The monoisotopic (exact) mass is 469 g/mol. The lowest BCUT2D eigenvalue weighted by Gasteiger charge is -2.32. The SMILES string of the molecule is O=C(O)C1=CC2(CCC1S(=O)(=O)Nc1c(Cl)cc(F)cc1Br)OCCO2. The number of ether oxygens (including phenoxy) is 2. The summed E-state index contributed by atoms with van der Waals surface area (Å²) in [6.07, 6.45) is 1.37. The van der Waals surface area contributed by atoms with Gasteiger partial charge in [-0.25, -0.2) is 17.6 Å². The third-order valence-corrected chi connectivity index (χ3v) is 6.78. The van der Waals surface area contributed by atoms with Crippen molar-refractivity contribution in [2.24, 2.45) is 0 Å². The van der Waals surface area contributed by atoms with Gasteiger partial charge in [0.25, 0.3) is 0 Å². The van der Waals surface area contributed by atoms with E-state index in [2.05, 4.69) is 20.7 Å². The lowest BCUT2D eigenvalue weighted by Crippen LogP contribution is -2.41. The van der Waals surface area contributed by atoms with Crippen LogP contribution < -0.4 is 4.72 Å². The minimum atomic E-state index is -4.18. The second-order valence-electron chi connectivity index (χ2n) is 5.83. The highest BCUT2D eigenvalue weighted by Crippen LogP contribution is 2.39. The molecule has 26 heavy (non-hydrogen) atoms. The largest absolute Gasteiger partial charge is 0.478 e. The molecule has 1 aromatic rings. The minimum absolute atomic E-state index is 0.0239. The van der Waals surface area contributed by atoms with Gasteiger partial charge in [-0.2, -0.15) is 0 Å². The first-order chi connectivity index (χ1) is 12.1. The summed E-state index contributed by atoms with van der Waals surface area (Å²) in [6, 6.07) is 2.00. The summed E-state index contributed by atoms with van der Waals surface area (Å²) in [5.74, 6) is -3.23. The van der Waals surface area contributed by atoms with Gasteiger partial charge >= 0.3 is 5.97 Å². The average Bonchev–Trinajstić information content (AvgIpc) is 2.98. The average molecular weight is 471 g/mol. The van der Waals surface area contributed by atoms with Crippen LogP contribution in [0, 0.1) is 5.82 Å². The summed E-state index contributed by atoms with van der Waals surface area (Å²) in [7, 11) is -4.18. The van der Waals surface area contributed by atoms with E-state index in [9.17, 15) is 22.7 Å². The molecule has 1 heterocycles. The molecule has 0 amide bonds. The van der Waals surface area contributed by atoms with Crippen LogP contribution in [0.25, 0.3) is 0 Å². The normalized spacial score (nSPS) is 22.3. The van der Waals surface area contributed by atoms with Gasteiger partial charge in [-0.3, -0.25) is 4.72 Å². The maximum absolute atomic E-state index is 13.3. The molecule has 1 aliphatic carbocycles. The lowest BCUT2D eigenvalue weighted by molar-refractivity contribution is -0.138. The fourth-order valence-electron chi connectivity index (χ4n) is 2.96. The molecule has 0 bridgehead atoms. The van der Waals surface area contributed by atoms with E-state index in [0.29, 0.717) is 13.2 Å². The molecule has 7 nitrogen and oxygen atoms in total. The standard InChI is InChI=1S/C15H14BrClFNO6S/c16-10-5-8(18)6-11(17)13(10)19-26(22,23)12-1-2-15(24-3-4-25-15)7-9(12)14(20)21/h5-7,12,19H,1-4H2,(H,20,21). The number of carbonyl (C=O) groups is 1. The maximum atomic E-state index is 13.3. The van der Waals surface area contributed by atoms with Crippen molar-refractivity contribution in [3.05, 3.63) is 39.1 Å². The van der Waals surface area contributed by atoms with Crippen molar-refractivity contribution in [2.45, 2.75) is 23.9 Å². The number of halogens is 3. The Bertz CT molecular complexity index is 861. The number of hydrogen-bond acceptors (Lipinski definition) is 5. The second-order valence-corrected chi connectivity index (χ2v) is 8.96. The third-order valence-electron chi connectivity index (χ3n) is 4.13. The van der Waals surface area contributed by atoms with Crippen molar-refractivity contribution in [1.29, 1.82) is 0 Å². The number of sulfonamides is 1. The molecule has 1 fully saturated rings. The van der Waals surface area contributed by atoms with Gasteiger partial charge in [-0.1, -0.05) is 11.6 Å². The summed E-state index contributed by atoms with van der Waals surface area (Å²) in [4.78, 5) is 11.6. The fraction of sp³-hybridized carbons (Fsp3) is 0.400. The Morgan fingerprint density at radius 2 is 2.04 bits per heavy atom. The van der Waals surface area contributed by atoms with Crippen molar-refractivity contribution >= 4 is 49.2 Å². The predicted octanol–water partition coefficient (Wildman–Crippen LogP) is 2.90. The molecule has 142 valence electrons. The number of carboxylic acid groups (broad SMARTS) is 1. The molecule has 11 heteroatoms. The molecule has 2 aliphatic rings. The summed E-state index contributed by atoms with van der Waals surface area (Å²) < 4.78 is 52.2. The molecule has 1 aliphatic heterocycles. The zero-order chi connectivity index (χ0) is 19.1. The lowest BCUT2D eigenvalue weighted by atomic mass is 9.94. The molecule has 1 unspecified atom stereocenters. The third kappa shape index (κ3) is 3.74. The van der Waals surface area contributed by atoms with Crippen molar-refractivity contribution in [3.63, 3.8) is 0 Å². The molecule has 1 aromatic carbocycles. The van der Waals surface area contributed by atoms with Crippen molar-refractivity contribution < 1.29 is 32.2 Å². The Morgan fingerprint density at radius 3 is 2.62 bits per heavy atom. The molecular formula is C15H14BrClFNO6S. The van der Waals surface area contributed by atoms with Gasteiger partial charge in [0.1, 0.15) is 11.1 Å². The summed E-state index contributed by atoms with van der Waals surface area (Å²) in [6.45, 7) is 0.606. The van der Waals surface area contributed by atoms with Crippen molar-refractivity contribution in [2.75, 3.05) is 17.9 Å². The van der Waals surface area contributed by atoms with E-state index in [1.807, 2.05) is 0 Å². The Morgan fingerprint density at radius 1 is 1.38 bits per heavy atom. The van der Waals surface area contributed by atoms with Gasteiger partial charge in [-0.15, -0.1) is 0 Å². The van der Waals surface area contributed by atoms with Crippen LogP contribution >= 0.6 is 27.5 Å². The van der Waals surface area contributed by atoms with Gasteiger partial charge in [0, 0.05) is 10.9 Å². The molecule has 0 saturated carbocycles. The molecule has 0 radical (unpaired) electrons. The minimum Gasteiger partial charge on any atom is -0.478 e. The van der Waals surface area contributed by atoms with E-state index in [1.165, 1.54) is 6.08 Å². The zero-order valence-electron chi connectivity index (χ0n) is 13.2. The number of aliphatic carboxylic acids is 1. The van der Waals surface area contributed by atoms with Gasteiger partial charge < -0.3 is 14.6 Å². The van der Waals surface area contributed by atoms with Gasteiger partial charge in [0.15, 0.2) is 5.79 Å². The molecule has 2 N–H and O–H groups in total. The number of carboxylic acids is 1. The Kier molecular flexibility index (Phi) is 5.33. The van der Waals surface area contributed by atoms with E-state index in [0.717, 1.165) is 12.1 Å². The molecule has 1 atom stereocenters. The predicted molar refractivity (Wildman–Crippen MR) is 95.0 cm³/mol. The van der Waals surface area contributed by atoms with Crippen molar-refractivity contribution in [1.82, 2.24) is 0 Å². The van der Waals surface area contributed by atoms with Crippen LogP contribution in [0.2, 0.25) is 5.02 Å². The highest BCUT2D eigenvalue weighted by Gasteiger charge is 2.45. The van der Waals surface area contributed by atoms with Crippen LogP contribution in [0.5, 0.6) is 0 Å². The van der Waals surface area contributed by atoms with Crippen LogP contribution in [-0.4, -0.2) is 43.7 Å². The Labute approximate surface area is 162 Å². The van der Waals surface area contributed by atoms with Crippen LogP contribution in [0.1, 0.15) is 12.8 Å². The van der Waals surface area contributed by atoms with Crippen LogP contribution in [-0.2, 0) is 24.3 Å². The highest BCUT2D eigenvalue weighted by molar-refractivity contribution is 9.10. The second kappa shape index (κ2) is 7.08. The first-order valence-corrected chi connectivity index (χ1v) is 10.3. The van der Waals surface area contributed by atoms with E-state index in [-0.39, 0.29) is 33.6 Å². The number of anilines is 1. The summed E-state index contributed by atoms with van der Waals surface area (Å²) in [5, 5.41) is 7.97. The fourth-order valence-corrected chi connectivity index (χ4v) is 5.63. The summed E-state index contributed by atoms with van der Waals surface area (Å²) >= 11 is 8.95. The molecule has 0 aromatic heterocycles. The van der Waals surface area contributed by atoms with E-state index < -0.39 is 32.8 Å². The number of hydrogen-bond donors (Lipinski definition) is 2. The Hall–Kier alpha value is -1.20. The molecule has 1 spiro atoms. The van der Waals surface area contributed by atoms with E-state index in [1.54, 1.807) is 0 Å².